The fourth-order valence-electron chi connectivity index (χ4n) is 3.61. The molecule has 6 nitrogen and oxygen atoms in total. The molecule has 0 aliphatic heterocycles. The molecular formula is C23H20Cl2N4O2S. The van der Waals surface area contributed by atoms with Gasteiger partial charge in [-0.2, -0.15) is 5.10 Å². The molecule has 0 saturated carbocycles. The molecular weight excluding hydrogens is 467 g/mol. The summed E-state index contributed by atoms with van der Waals surface area (Å²) in [6.45, 7) is 1.85. The van der Waals surface area contributed by atoms with Crippen LogP contribution in [0.5, 0.6) is 0 Å². The number of hydrazone groups is 1. The van der Waals surface area contributed by atoms with Crippen molar-refractivity contribution in [2.45, 2.75) is 26.2 Å². The molecule has 1 aliphatic rings. The summed E-state index contributed by atoms with van der Waals surface area (Å²) in [5.74, 6) is 0.611. The highest BCUT2D eigenvalue weighted by Crippen LogP contribution is 2.31. The number of amides is 1. The normalized spacial score (nSPS) is 14.0. The van der Waals surface area contributed by atoms with Gasteiger partial charge in [0, 0.05) is 39.0 Å². The summed E-state index contributed by atoms with van der Waals surface area (Å²) in [6, 6.07) is 14.5. The largest absolute Gasteiger partial charge is 0.455 e. The van der Waals surface area contributed by atoms with Gasteiger partial charge in [-0.1, -0.05) is 41.4 Å². The molecule has 0 bridgehead atoms. The van der Waals surface area contributed by atoms with E-state index in [0.717, 1.165) is 47.5 Å². The highest BCUT2D eigenvalue weighted by atomic mass is 35.5. The smallest absolute Gasteiger partial charge is 0.291 e. The van der Waals surface area contributed by atoms with Crippen LogP contribution in [0.25, 0.3) is 0 Å². The lowest BCUT2D eigenvalue weighted by molar-refractivity contribution is 0.0994. The maximum Gasteiger partial charge on any atom is 0.291 e. The summed E-state index contributed by atoms with van der Waals surface area (Å²) in [5.41, 5.74) is 6.64. The standard InChI is InChI=1S/C23H20Cl2N4O2S/c1-13-20-18(28-29-23(32)27-16-6-3-2-4-7-16)8-5-9-19(20)31-21(13)22(30)26-17-11-14(24)10-15(25)12-17/h2-4,6-7,10-12H,5,8-9H2,1H3,(H,26,30)(H2,27,29,32)/b28-18+. The van der Waals surface area contributed by atoms with E-state index in [1.807, 2.05) is 37.3 Å². The molecule has 9 heteroatoms. The second kappa shape index (κ2) is 9.73. The molecule has 1 aromatic heterocycles. The molecule has 2 aromatic carbocycles. The monoisotopic (exact) mass is 486 g/mol. The van der Waals surface area contributed by atoms with Gasteiger partial charge in [0.25, 0.3) is 5.91 Å². The summed E-state index contributed by atoms with van der Waals surface area (Å²) in [7, 11) is 0. The third kappa shape index (κ3) is 5.12. The van der Waals surface area contributed by atoms with Gasteiger partial charge in [-0.15, -0.1) is 0 Å². The van der Waals surface area contributed by atoms with Gasteiger partial charge in [0.2, 0.25) is 0 Å². The van der Waals surface area contributed by atoms with E-state index in [1.165, 1.54) is 0 Å². The van der Waals surface area contributed by atoms with Gasteiger partial charge in [-0.25, -0.2) is 0 Å². The van der Waals surface area contributed by atoms with E-state index >= 15 is 0 Å². The number of aryl methyl sites for hydroxylation is 1. The summed E-state index contributed by atoms with van der Waals surface area (Å²) >= 11 is 17.4. The van der Waals surface area contributed by atoms with E-state index in [2.05, 4.69) is 21.2 Å². The quantitative estimate of drug-likeness (QED) is 0.303. The zero-order valence-corrected chi connectivity index (χ0v) is 19.5. The maximum absolute atomic E-state index is 12.9. The van der Waals surface area contributed by atoms with Gasteiger partial charge in [-0.05, 0) is 62.3 Å². The lowest BCUT2D eigenvalue weighted by Crippen LogP contribution is -2.26. The Kier molecular flexibility index (Phi) is 6.79. The molecule has 0 radical (unpaired) electrons. The van der Waals surface area contributed by atoms with Crippen LogP contribution in [0.4, 0.5) is 11.4 Å². The van der Waals surface area contributed by atoms with Crippen LogP contribution in [0, 0.1) is 6.92 Å². The summed E-state index contributed by atoms with van der Waals surface area (Å²) in [6.07, 6.45) is 2.35. The second-order valence-corrected chi connectivity index (χ2v) is 8.59. The summed E-state index contributed by atoms with van der Waals surface area (Å²) < 4.78 is 5.93. The topological polar surface area (TPSA) is 78.7 Å². The maximum atomic E-state index is 12.9. The van der Waals surface area contributed by atoms with E-state index in [0.29, 0.717) is 20.8 Å². The molecule has 0 spiro atoms. The zero-order chi connectivity index (χ0) is 22.7. The van der Waals surface area contributed by atoms with E-state index in [9.17, 15) is 4.79 Å². The lowest BCUT2D eigenvalue weighted by atomic mass is 9.93. The predicted molar refractivity (Wildman–Crippen MR) is 133 cm³/mol. The Balaban J connectivity index is 1.52. The van der Waals surface area contributed by atoms with Crippen molar-refractivity contribution in [3.63, 3.8) is 0 Å². The molecule has 0 saturated heterocycles. The lowest BCUT2D eigenvalue weighted by Gasteiger charge is -2.14. The van der Waals surface area contributed by atoms with Crippen LogP contribution >= 0.6 is 35.4 Å². The Bertz CT molecular complexity index is 1190. The molecule has 0 unspecified atom stereocenters. The van der Waals surface area contributed by atoms with E-state index in [-0.39, 0.29) is 11.7 Å². The first-order valence-electron chi connectivity index (χ1n) is 9.99. The molecule has 4 rings (SSSR count). The average Bonchev–Trinajstić information content (AvgIpc) is 3.09. The molecule has 164 valence electrons. The minimum absolute atomic E-state index is 0.241. The number of rotatable bonds is 4. The Morgan fingerprint density at radius 2 is 1.75 bits per heavy atom. The molecule has 1 aliphatic carbocycles. The number of carbonyl (C=O) groups is 1. The molecule has 3 N–H and O–H groups in total. The first-order chi connectivity index (χ1) is 15.4. The Hall–Kier alpha value is -2.87. The SMILES string of the molecule is Cc1c(C(=O)Nc2cc(Cl)cc(Cl)c2)oc2c1/C(=N/NC(=S)Nc1ccccc1)CCC2. The first kappa shape index (κ1) is 22.3. The van der Waals surface area contributed by atoms with Gasteiger partial charge in [0.15, 0.2) is 10.9 Å². The average molecular weight is 487 g/mol. The van der Waals surface area contributed by atoms with Crippen molar-refractivity contribution in [2.24, 2.45) is 5.10 Å². The number of carbonyl (C=O) groups excluding carboxylic acids is 1. The molecule has 32 heavy (non-hydrogen) atoms. The zero-order valence-electron chi connectivity index (χ0n) is 17.2. The third-order valence-corrected chi connectivity index (χ3v) is 5.61. The highest BCUT2D eigenvalue weighted by Gasteiger charge is 2.28. The van der Waals surface area contributed by atoms with Gasteiger partial charge >= 0.3 is 0 Å². The Morgan fingerprint density at radius 1 is 1.03 bits per heavy atom. The van der Waals surface area contributed by atoms with Crippen LogP contribution in [-0.2, 0) is 6.42 Å². The fourth-order valence-corrected chi connectivity index (χ4v) is 4.30. The van der Waals surface area contributed by atoms with Crippen molar-refractivity contribution < 1.29 is 9.21 Å². The minimum atomic E-state index is -0.371. The van der Waals surface area contributed by atoms with Crippen molar-refractivity contribution in [1.82, 2.24) is 5.43 Å². The van der Waals surface area contributed by atoms with Gasteiger partial charge in [0.05, 0.1) is 5.71 Å². The van der Waals surface area contributed by atoms with Gasteiger partial charge in [-0.3, -0.25) is 10.2 Å². The molecule has 1 amide bonds. The second-order valence-electron chi connectivity index (χ2n) is 7.31. The van der Waals surface area contributed by atoms with Crippen molar-refractivity contribution in [2.75, 3.05) is 10.6 Å². The number of nitrogens with zero attached hydrogens (tertiary/aromatic N) is 1. The first-order valence-corrected chi connectivity index (χ1v) is 11.2. The number of hydrogen-bond acceptors (Lipinski definition) is 4. The number of fused-ring (bicyclic) bond motifs is 1. The van der Waals surface area contributed by atoms with E-state index in [4.69, 9.17) is 39.8 Å². The van der Waals surface area contributed by atoms with Crippen LogP contribution in [-0.4, -0.2) is 16.7 Å². The number of anilines is 2. The number of furan rings is 1. The Morgan fingerprint density at radius 3 is 2.47 bits per heavy atom. The predicted octanol–water partition coefficient (Wildman–Crippen LogP) is 6.17. The summed E-state index contributed by atoms with van der Waals surface area (Å²) in [5, 5.41) is 11.6. The molecule has 3 aromatic rings. The van der Waals surface area contributed by atoms with E-state index in [1.54, 1.807) is 18.2 Å². The number of benzene rings is 2. The van der Waals surface area contributed by atoms with Crippen molar-refractivity contribution in [1.29, 1.82) is 0 Å². The Labute approximate surface area is 201 Å². The fraction of sp³-hybridized carbons (Fsp3) is 0.174. The highest BCUT2D eigenvalue weighted by molar-refractivity contribution is 7.80. The van der Waals surface area contributed by atoms with Crippen LogP contribution in [0.1, 0.15) is 40.3 Å². The molecule has 0 fully saturated rings. The molecule has 0 atom stereocenters. The number of halogens is 2. The third-order valence-electron chi connectivity index (χ3n) is 4.98. The van der Waals surface area contributed by atoms with Gasteiger partial charge < -0.3 is 15.1 Å². The van der Waals surface area contributed by atoms with Gasteiger partial charge in [0.1, 0.15) is 5.76 Å². The number of thiocarbonyl (C=S) groups is 1. The summed E-state index contributed by atoms with van der Waals surface area (Å²) in [4.78, 5) is 12.9. The van der Waals surface area contributed by atoms with E-state index < -0.39 is 0 Å². The van der Waals surface area contributed by atoms with Crippen LogP contribution in [0.15, 0.2) is 58.0 Å². The van der Waals surface area contributed by atoms with Crippen molar-refractivity contribution in [3.05, 3.63) is 81.2 Å². The van der Waals surface area contributed by atoms with Crippen molar-refractivity contribution >= 4 is 63.5 Å². The number of nitrogens with one attached hydrogen (secondary N) is 3. The van der Waals surface area contributed by atoms with Crippen LogP contribution in [0.3, 0.4) is 0 Å². The van der Waals surface area contributed by atoms with Crippen molar-refractivity contribution in [3.8, 4) is 0 Å². The number of hydrogen-bond donors (Lipinski definition) is 3. The number of para-hydroxylation sites is 1. The molecule has 1 heterocycles. The van der Waals surface area contributed by atoms with Crippen LogP contribution in [0.2, 0.25) is 10.0 Å². The minimum Gasteiger partial charge on any atom is -0.455 e. The van der Waals surface area contributed by atoms with Crippen LogP contribution < -0.4 is 16.1 Å².